The van der Waals surface area contributed by atoms with Crippen LogP contribution in [0.15, 0.2) is 43.0 Å². The van der Waals surface area contributed by atoms with Crippen molar-refractivity contribution in [2.75, 3.05) is 11.1 Å². The second-order valence-corrected chi connectivity index (χ2v) is 6.35. The van der Waals surface area contributed by atoms with Gasteiger partial charge in [-0.2, -0.15) is 0 Å². The van der Waals surface area contributed by atoms with Gasteiger partial charge in [-0.1, -0.05) is 10.3 Å². The second-order valence-electron chi connectivity index (χ2n) is 4.48. The molecule has 0 atom stereocenters. The van der Waals surface area contributed by atoms with E-state index in [1.54, 1.807) is 13.0 Å². The molecule has 0 radical (unpaired) electrons. The molecule has 3 aromatic rings. The SMILES string of the molecule is Cc1cc(NC(=O)CS(=O)(=O)c2nnc(-c3ccco3)o2)no1. The summed E-state index contributed by atoms with van der Waals surface area (Å²) in [7, 11) is -4.10. The third kappa shape index (κ3) is 3.29. The summed E-state index contributed by atoms with van der Waals surface area (Å²) in [5, 5.41) is 12.2. The summed E-state index contributed by atoms with van der Waals surface area (Å²) in [6.45, 7) is 1.63. The van der Waals surface area contributed by atoms with Crippen LogP contribution in [0.2, 0.25) is 0 Å². The maximum absolute atomic E-state index is 12.1. The molecule has 0 bridgehead atoms. The van der Waals surface area contributed by atoms with E-state index in [2.05, 4.69) is 20.7 Å². The summed E-state index contributed by atoms with van der Waals surface area (Å²) in [4.78, 5) is 11.8. The third-order valence-electron chi connectivity index (χ3n) is 2.62. The zero-order chi connectivity index (χ0) is 16.4. The standard InChI is InChI=1S/C12H10N4O6S/c1-7-5-9(16-22-7)13-10(17)6-23(18,19)12-15-14-11(21-12)8-3-2-4-20-8/h2-5H,6H2,1H3,(H,13,16,17). The van der Waals surface area contributed by atoms with E-state index in [0.29, 0.717) is 5.76 Å². The molecule has 0 aromatic carbocycles. The summed E-state index contributed by atoms with van der Waals surface area (Å²) in [6, 6.07) is 4.57. The molecule has 3 heterocycles. The van der Waals surface area contributed by atoms with Crippen molar-refractivity contribution in [1.29, 1.82) is 0 Å². The Morgan fingerprint density at radius 1 is 1.35 bits per heavy atom. The zero-order valence-corrected chi connectivity index (χ0v) is 12.5. The molecule has 0 saturated carbocycles. The number of aromatic nitrogens is 3. The van der Waals surface area contributed by atoms with Crippen molar-refractivity contribution < 1.29 is 26.6 Å². The van der Waals surface area contributed by atoms with E-state index < -0.39 is 26.7 Å². The molecule has 3 rings (SSSR count). The van der Waals surface area contributed by atoms with Crippen LogP contribution in [0.4, 0.5) is 5.82 Å². The van der Waals surface area contributed by atoms with Crippen LogP contribution in [-0.2, 0) is 14.6 Å². The van der Waals surface area contributed by atoms with E-state index in [0.717, 1.165) is 0 Å². The van der Waals surface area contributed by atoms with Crippen molar-refractivity contribution in [1.82, 2.24) is 15.4 Å². The predicted octanol–water partition coefficient (Wildman–Crippen LogP) is 1.04. The van der Waals surface area contributed by atoms with E-state index in [1.807, 2.05) is 0 Å². The van der Waals surface area contributed by atoms with Crippen LogP contribution in [0.25, 0.3) is 11.7 Å². The van der Waals surface area contributed by atoms with Gasteiger partial charge in [0.1, 0.15) is 11.5 Å². The molecule has 0 aliphatic heterocycles. The van der Waals surface area contributed by atoms with E-state index >= 15 is 0 Å². The highest BCUT2D eigenvalue weighted by Gasteiger charge is 2.27. The molecule has 120 valence electrons. The summed E-state index contributed by atoms with van der Waals surface area (Å²) >= 11 is 0. The lowest BCUT2D eigenvalue weighted by Crippen LogP contribution is -2.23. The molecule has 0 aliphatic carbocycles. The molecule has 0 aliphatic rings. The predicted molar refractivity (Wildman–Crippen MR) is 73.9 cm³/mol. The van der Waals surface area contributed by atoms with Crippen molar-refractivity contribution in [3.8, 4) is 11.7 Å². The number of aryl methyl sites for hydroxylation is 1. The summed E-state index contributed by atoms with van der Waals surface area (Å²) in [6.07, 6.45) is 1.38. The van der Waals surface area contributed by atoms with Crippen molar-refractivity contribution in [3.63, 3.8) is 0 Å². The number of hydrogen-bond donors (Lipinski definition) is 1. The Bertz CT molecular complexity index is 925. The number of hydrogen-bond acceptors (Lipinski definition) is 9. The van der Waals surface area contributed by atoms with Crippen LogP contribution in [0.3, 0.4) is 0 Å². The number of sulfone groups is 1. The summed E-state index contributed by atoms with van der Waals surface area (Å²) in [5.74, 6) is -0.968. The maximum atomic E-state index is 12.1. The maximum Gasteiger partial charge on any atom is 0.336 e. The first kappa shape index (κ1) is 15.0. The minimum absolute atomic E-state index is 0.0962. The van der Waals surface area contributed by atoms with Crippen molar-refractivity contribution in [2.45, 2.75) is 12.1 Å². The highest BCUT2D eigenvalue weighted by atomic mass is 32.2. The number of rotatable bonds is 5. The van der Waals surface area contributed by atoms with Crippen molar-refractivity contribution >= 4 is 21.6 Å². The van der Waals surface area contributed by atoms with Crippen LogP contribution in [0.1, 0.15) is 5.76 Å². The molecule has 11 heteroatoms. The van der Waals surface area contributed by atoms with Crippen LogP contribution >= 0.6 is 0 Å². The minimum Gasteiger partial charge on any atom is -0.459 e. The lowest BCUT2D eigenvalue weighted by molar-refractivity contribution is -0.113. The molecule has 3 aromatic heterocycles. The second kappa shape index (κ2) is 5.68. The number of nitrogens with one attached hydrogen (secondary N) is 1. The Hall–Kier alpha value is -2.95. The summed E-state index contributed by atoms with van der Waals surface area (Å²) in [5.41, 5.74) is 0. The van der Waals surface area contributed by atoms with E-state index in [4.69, 9.17) is 13.4 Å². The largest absolute Gasteiger partial charge is 0.459 e. The van der Waals surface area contributed by atoms with Crippen molar-refractivity contribution in [2.24, 2.45) is 0 Å². The van der Waals surface area contributed by atoms with Crippen LogP contribution < -0.4 is 5.32 Å². The van der Waals surface area contributed by atoms with E-state index in [-0.39, 0.29) is 17.5 Å². The van der Waals surface area contributed by atoms with Gasteiger partial charge in [-0.05, 0) is 19.1 Å². The first-order valence-corrected chi connectivity index (χ1v) is 7.92. The quantitative estimate of drug-likeness (QED) is 0.721. The molecule has 10 nitrogen and oxygen atoms in total. The zero-order valence-electron chi connectivity index (χ0n) is 11.7. The topological polar surface area (TPSA) is 141 Å². The molecule has 0 saturated heterocycles. The molecule has 0 unspecified atom stereocenters. The van der Waals surface area contributed by atoms with Gasteiger partial charge in [0.25, 0.3) is 5.89 Å². The number of nitrogens with zero attached hydrogens (tertiary/aromatic N) is 3. The Morgan fingerprint density at radius 2 is 2.17 bits per heavy atom. The molecule has 0 spiro atoms. The van der Waals surface area contributed by atoms with Crippen LogP contribution in [-0.4, -0.2) is 35.4 Å². The van der Waals surface area contributed by atoms with Gasteiger partial charge in [-0.25, -0.2) is 8.42 Å². The average molecular weight is 338 g/mol. The lowest BCUT2D eigenvalue weighted by Gasteiger charge is -1.99. The first-order valence-electron chi connectivity index (χ1n) is 6.27. The van der Waals surface area contributed by atoms with Crippen LogP contribution in [0, 0.1) is 6.92 Å². The average Bonchev–Trinajstić information content (AvgIpc) is 3.17. The molecule has 1 amide bonds. The Balaban J connectivity index is 1.72. The molecular weight excluding hydrogens is 328 g/mol. The molecular formula is C12H10N4O6S. The Morgan fingerprint density at radius 3 is 2.83 bits per heavy atom. The first-order chi connectivity index (χ1) is 10.9. The van der Waals surface area contributed by atoms with Crippen LogP contribution in [0.5, 0.6) is 0 Å². The summed E-state index contributed by atoms with van der Waals surface area (Å²) < 4.78 is 39.0. The van der Waals surface area contributed by atoms with Gasteiger partial charge in [0.15, 0.2) is 11.6 Å². The van der Waals surface area contributed by atoms with Gasteiger partial charge in [0.2, 0.25) is 15.7 Å². The fraction of sp³-hybridized carbons (Fsp3) is 0.167. The van der Waals surface area contributed by atoms with Gasteiger partial charge in [-0.3, -0.25) is 4.79 Å². The van der Waals surface area contributed by atoms with Gasteiger partial charge in [0.05, 0.1) is 6.26 Å². The van der Waals surface area contributed by atoms with E-state index in [1.165, 1.54) is 18.4 Å². The number of amides is 1. The lowest BCUT2D eigenvalue weighted by atomic mass is 10.5. The van der Waals surface area contributed by atoms with Gasteiger partial charge in [0, 0.05) is 6.07 Å². The number of furan rings is 1. The smallest absolute Gasteiger partial charge is 0.336 e. The normalized spacial score (nSPS) is 11.5. The highest BCUT2D eigenvalue weighted by molar-refractivity contribution is 7.91. The van der Waals surface area contributed by atoms with Gasteiger partial charge in [-0.15, -0.1) is 5.10 Å². The molecule has 1 N–H and O–H groups in total. The molecule has 23 heavy (non-hydrogen) atoms. The highest BCUT2D eigenvalue weighted by Crippen LogP contribution is 2.20. The minimum atomic E-state index is -4.10. The number of carbonyl (C=O) groups is 1. The Labute approximate surface area is 129 Å². The van der Waals surface area contributed by atoms with Gasteiger partial charge < -0.3 is 18.7 Å². The third-order valence-corrected chi connectivity index (χ3v) is 3.96. The monoisotopic (exact) mass is 338 g/mol. The van der Waals surface area contributed by atoms with E-state index in [9.17, 15) is 13.2 Å². The fourth-order valence-corrected chi connectivity index (χ4v) is 2.59. The number of carbonyl (C=O) groups excluding carboxylic acids is 1. The fourth-order valence-electron chi connectivity index (χ4n) is 1.67. The molecule has 0 fully saturated rings. The Kier molecular flexibility index (Phi) is 3.70. The number of anilines is 1. The van der Waals surface area contributed by atoms with Gasteiger partial charge >= 0.3 is 5.22 Å². The van der Waals surface area contributed by atoms with Crippen molar-refractivity contribution in [3.05, 3.63) is 30.2 Å².